The van der Waals surface area contributed by atoms with Crippen molar-refractivity contribution in [3.05, 3.63) is 77.5 Å². The molecule has 0 radical (unpaired) electrons. The lowest BCUT2D eigenvalue weighted by Gasteiger charge is -2.12. The topological polar surface area (TPSA) is 93.9 Å². The average molecular weight is 483 g/mol. The molecule has 1 aliphatic rings. The van der Waals surface area contributed by atoms with Crippen molar-refractivity contribution in [1.29, 1.82) is 0 Å². The van der Waals surface area contributed by atoms with E-state index in [0.717, 1.165) is 17.7 Å². The minimum absolute atomic E-state index is 0.0448. The van der Waals surface area contributed by atoms with Gasteiger partial charge in [0.05, 0.1) is 39.9 Å². The van der Waals surface area contributed by atoms with Crippen LogP contribution in [0.1, 0.15) is 28.5 Å². The monoisotopic (exact) mass is 482 g/mol. The van der Waals surface area contributed by atoms with E-state index in [2.05, 4.69) is 10.4 Å². The molecule has 0 bridgehead atoms. The molecule has 0 aliphatic carbocycles. The summed E-state index contributed by atoms with van der Waals surface area (Å²) in [6, 6.07) is 13.6. The van der Waals surface area contributed by atoms with Gasteiger partial charge in [0.25, 0.3) is 5.91 Å². The van der Waals surface area contributed by atoms with Crippen molar-refractivity contribution in [1.82, 2.24) is 14.8 Å². The van der Waals surface area contributed by atoms with E-state index < -0.39 is 27.4 Å². The molecule has 1 aliphatic heterocycles. The van der Waals surface area contributed by atoms with E-state index in [0.29, 0.717) is 28.8 Å². The van der Waals surface area contributed by atoms with Crippen molar-refractivity contribution in [3.8, 4) is 11.3 Å². The third-order valence-electron chi connectivity index (χ3n) is 5.88. The molecule has 2 aromatic heterocycles. The molecule has 1 saturated heterocycles. The standard InChI is InChI=1S/C24H20F2N4O3S/c1-14-22-18(24(31)27-16-7-8-19(25)20(26)11-16)12-21(15-5-3-2-4-6-15)28-23(22)30(29-14)17-9-10-34(32,33)13-17/h2-8,11-12,17H,9-10,13H2,1H3,(H,27,31)/t17-/m0/s1. The average Bonchev–Trinajstić information content (AvgIpc) is 3.35. The van der Waals surface area contributed by atoms with Crippen LogP contribution in [0.2, 0.25) is 0 Å². The number of carbonyl (C=O) groups excluding carboxylic acids is 1. The second-order valence-electron chi connectivity index (χ2n) is 8.29. The molecular formula is C24H20F2N4O3S. The van der Waals surface area contributed by atoms with E-state index in [-0.39, 0.29) is 28.8 Å². The molecule has 0 saturated carbocycles. The molecule has 4 aromatic rings. The van der Waals surface area contributed by atoms with Crippen molar-refractivity contribution in [2.75, 3.05) is 16.8 Å². The minimum Gasteiger partial charge on any atom is -0.322 e. The Morgan fingerprint density at radius 1 is 1.09 bits per heavy atom. The number of aryl methyl sites for hydroxylation is 1. The molecule has 2 aromatic carbocycles. The molecule has 0 spiro atoms. The number of hydrogen-bond acceptors (Lipinski definition) is 5. The van der Waals surface area contributed by atoms with Gasteiger partial charge >= 0.3 is 0 Å². The number of aromatic nitrogens is 3. The third kappa shape index (κ3) is 4.05. The second-order valence-corrected chi connectivity index (χ2v) is 10.5. The molecule has 174 valence electrons. The van der Waals surface area contributed by atoms with Crippen LogP contribution in [0.25, 0.3) is 22.3 Å². The number of rotatable bonds is 4. The van der Waals surface area contributed by atoms with Crippen molar-refractivity contribution in [3.63, 3.8) is 0 Å². The number of benzene rings is 2. The lowest BCUT2D eigenvalue weighted by molar-refractivity contribution is 0.102. The lowest BCUT2D eigenvalue weighted by Crippen LogP contribution is -2.15. The Hall–Kier alpha value is -3.66. The van der Waals surface area contributed by atoms with Gasteiger partial charge in [0, 0.05) is 17.3 Å². The van der Waals surface area contributed by atoms with Gasteiger partial charge in [-0.15, -0.1) is 0 Å². The molecule has 34 heavy (non-hydrogen) atoms. The summed E-state index contributed by atoms with van der Waals surface area (Å²) in [6.45, 7) is 1.72. The van der Waals surface area contributed by atoms with Gasteiger partial charge in [0.1, 0.15) is 0 Å². The maximum Gasteiger partial charge on any atom is 0.256 e. The number of hydrogen-bond donors (Lipinski definition) is 1. The van der Waals surface area contributed by atoms with Crippen molar-refractivity contribution in [2.45, 2.75) is 19.4 Å². The SMILES string of the molecule is Cc1nn([C@H]2CCS(=O)(=O)C2)c2nc(-c3ccccc3)cc(C(=O)Nc3ccc(F)c(F)c3)c12. The molecule has 3 heterocycles. The normalized spacial score (nSPS) is 17.2. The summed E-state index contributed by atoms with van der Waals surface area (Å²) in [5.41, 5.74) is 2.53. The summed E-state index contributed by atoms with van der Waals surface area (Å²) in [6.07, 6.45) is 0.409. The fraction of sp³-hybridized carbons (Fsp3) is 0.208. The van der Waals surface area contributed by atoms with Crippen LogP contribution >= 0.6 is 0 Å². The number of amides is 1. The van der Waals surface area contributed by atoms with Crippen LogP contribution in [0.4, 0.5) is 14.5 Å². The van der Waals surface area contributed by atoms with Crippen LogP contribution in [0.3, 0.4) is 0 Å². The van der Waals surface area contributed by atoms with Gasteiger partial charge in [-0.25, -0.2) is 26.9 Å². The highest BCUT2D eigenvalue weighted by molar-refractivity contribution is 7.91. The van der Waals surface area contributed by atoms with Crippen LogP contribution in [0.15, 0.2) is 54.6 Å². The first-order valence-corrected chi connectivity index (χ1v) is 12.5. The molecule has 1 amide bonds. The Labute approximate surface area is 194 Å². The number of fused-ring (bicyclic) bond motifs is 1. The van der Waals surface area contributed by atoms with Gasteiger partial charge in [-0.3, -0.25) is 4.79 Å². The maximum absolute atomic E-state index is 13.7. The predicted octanol–water partition coefficient (Wildman–Crippen LogP) is 4.30. The number of halogens is 2. The maximum atomic E-state index is 13.7. The van der Waals surface area contributed by atoms with E-state index in [9.17, 15) is 22.0 Å². The number of nitrogens with zero attached hydrogens (tertiary/aromatic N) is 3. The van der Waals surface area contributed by atoms with Crippen LogP contribution in [0.5, 0.6) is 0 Å². The molecule has 1 N–H and O–H groups in total. The number of sulfone groups is 1. The van der Waals surface area contributed by atoms with Gasteiger partial charge in [-0.05, 0) is 31.5 Å². The first-order chi connectivity index (χ1) is 16.2. The Balaban J connectivity index is 1.66. The van der Waals surface area contributed by atoms with E-state index in [4.69, 9.17) is 4.98 Å². The van der Waals surface area contributed by atoms with Gasteiger partial charge in [0.15, 0.2) is 27.1 Å². The summed E-state index contributed by atoms with van der Waals surface area (Å²) >= 11 is 0. The molecule has 10 heteroatoms. The van der Waals surface area contributed by atoms with Crippen LogP contribution in [0, 0.1) is 18.6 Å². The van der Waals surface area contributed by atoms with Crippen LogP contribution < -0.4 is 5.32 Å². The molecular weight excluding hydrogens is 462 g/mol. The van der Waals surface area contributed by atoms with E-state index >= 15 is 0 Å². The van der Waals surface area contributed by atoms with Gasteiger partial charge in [-0.1, -0.05) is 30.3 Å². The van der Waals surface area contributed by atoms with Crippen molar-refractivity contribution in [2.24, 2.45) is 0 Å². The summed E-state index contributed by atoms with van der Waals surface area (Å²) in [4.78, 5) is 18.1. The van der Waals surface area contributed by atoms with Gasteiger partial charge in [-0.2, -0.15) is 5.10 Å². The molecule has 7 nitrogen and oxygen atoms in total. The summed E-state index contributed by atoms with van der Waals surface area (Å²) in [5.74, 6) is -2.61. The van der Waals surface area contributed by atoms with E-state index in [1.165, 1.54) is 6.07 Å². The molecule has 1 fully saturated rings. The molecule has 1 atom stereocenters. The second kappa shape index (κ2) is 8.28. The van der Waals surface area contributed by atoms with Crippen LogP contribution in [-0.2, 0) is 9.84 Å². The smallest absolute Gasteiger partial charge is 0.256 e. The van der Waals surface area contributed by atoms with Gasteiger partial charge in [0.2, 0.25) is 0 Å². The highest BCUT2D eigenvalue weighted by Crippen LogP contribution is 2.32. The lowest BCUT2D eigenvalue weighted by atomic mass is 10.0. The highest BCUT2D eigenvalue weighted by Gasteiger charge is 2.32. The zero-order valence-electron chi connectivity index (χ0n) is 18.1. The first kappa shape index (κ1) is 22.1. The largest absolute Gasteiger partial charge is 0.322 e. The first-order valence-electron chi connectivity index (χ1n) is 10.6. The van der Waals surface area contributed by atoms with Crippen molar-refractivity contribution >= 4 is 32.5 Å². The predicted molar refractivity (Wildman–Crippen MR) is 124 cm³/mol. The summed E-state index contributed by atoms with van der Waals surface area (Å²) in [7, 11) is -3.17. The fourth-order valence-corrected chi connectivity index (χ4v) is 5.94. The quantitative estimate of drug-likeness (QED) is 0.468. The highest BCUT2D eigenvalue weighted by atomic mass is 32.2. The Kier molecular flexibility index (Phi) is 5.40. The third-order valence-corrected chi connectivity index (χ3v) is 7.63. The molecule has 5 rings (SSSR count). The summed E-state index contributed by atoms with van der Waals surface area (Å²) < 4.78 is 52.8. The van der Waals surface area contributed by atoms with Crippen LogP contribution in [-0.4, -0.2) is 40.6 Å². The van der Waals surface area contributed by atoms with E-state index in [1.807, 2.05) is 30.3 Å². The zero-order valence-corrected chi connectivity index (χ0v) is 18.9. The fourth-order valence-electron chi connectivity index (χ4n) is 4.24. The molecule has 0 unspecified atom stereocenters. The minimum atomic E-state index is -3.17. The summed E-state index contributed by atoms with van der Waals surface area (Å²) in [5, 5.41) is 7.63. The zero-order chi connectivity index (χ0) is 24.0. The van der Waals surface area contributed by atoms with Gasteiger partial charge < -0.3 is 5.32 Å². The number of anilines is 1. The number of pyridine rings is 1. The Bertz CT molecular complexity index is 1540. The van der Waals surface area contributed by atoms with Crippen molar-refractivity contribution < 1.29 is 22.0 Å². The Morgan fingerprint density at radius 2 is 1.85 bits per heavy atom. The van der Waals surface area contributed by atoms with E-state index in [1.54, 1.807) is 17.7 Å². The number of nitrogens with one attached hydrogen (secondary N) is 1. The number of carbonyl (C=O) groups is 1. The Morgan fingerprint density at radius 3 is 2.53 bits per heavy atom.